The van der Waals surface area contributed by atoms with E-state index in [1.54, 1.807) is 11.3 Å². The Labute approximate surface area is 141 Å². The van der Waals surface area contributed by atoms with Gasteiger partial charge in [-0.2, -0.15) is 0 Å². The highest BCUT2D eigenvalue weighted by Gasteiger charge is 2.20. The topological polar surface area (TPSA) is 32.3 Å². The van der Waals surface area contributed by atoms with Crippen molar-refractivity contribution in [2.24, 2.45) is 0 Å². The fourth-order valence-electron chi connectivity index (χ4n) is 2.89. The number of pyridine rings is 1. The maximum Gasteiger partial charge on any atom is 0.185 e. The Morgan fingerprint density at radius 1 is 0.955 bits per heavy atom. The van der Waals surface area contributed by atoms with Gasteiger partial charge in [-0.05, 0) is 24.3 Å². The van der Waals surface area contributed by atoms with Gasteiger partial charge in [0.25, 0.3) is 0 Å². The maximum absolute atomic E-state index is 4.48. The first kappa shape index (κ1) is 14.0. The van der Waals surface area contributed by atoms with Gasteiger partial charge in [0.05, 0.1) is 5.52 Å². The van der Waals surface area contributed by atoms with Crippen LogP contribution in [0.3, 0.4) is 0 Å². The normalized spacial score (nSPS) is 15.5. The number of nitrogens with zero attached hydrogens (tertiary/aromatic N) is 4. The van der Waals surface area contributed by atoms with E-state index < -0.39 is 0 Å². The number of halogens is 1. The van der Waals surface area contributed by atoms with E-state index in [0.29, 0.717) is 0 Å². The fourth-order valence-corrected chi connectivity index (χ4v) is 3.94. The number of anilines is 2. The number of aromatic nitrogens is 2. The van der Waals surface area contributed by atoms with Gasteiger partial charge < -0.3 is 9.80 Å². The van der Waals surface area contributed by atoms with Crippen molar-refractivity contribution in [3.63, 3.8) is 0 Å². The molecule has 0 atom stereocenters. The Balaban J connectivity index is 1.59. The molecule has 1 aliphatic heterocycles. The molecular weight excluding hydrogens is 360 g/mol. The van der Waals surface area contributed by atoms with Crippen molar-refractivity contribution in [2.75, 3.05) is 36.0 Å². The smallest absolute Gasteiger partial charge is 0.185 e. The van der Waals surface area contributed by atoms with E-state index in [1.807, 2.05) is 17.8 Å². The first-order chi connectivity index (χ1) is 10.8. The predicted molar refractivity (Wildman–Crippen MR) is 96.0 cm³/mol. The zero-order valence-corrected chi connectivity index (χ0v) is 14.3. The van der Waals surface area contributed by atoms with Crippen molar-refractivity contribution in [2.45, 2.75) is 0 Å². The molecule has 1 fully saturated rings. The van der Waals surface area contributed by atoms with Gasteiger partial charge in [0.1, 0.15) is 0 Å². The first-order valence-corrected chi connectivity index (χ1v) is 8.92. The molecule has 6 heteroatoms. The summed E-state index contributed by atoms with van der Waals surface area (Å²) in [5, 5.41) is 4.38. The molecule has 3 aromatic rings. The van der Waals surface area contributed by atoms with Gasteiger partial charge in [-0.25, -0.2) is 4.98 Å². The second kappa shape index (κ2) is 5.85. The lowest BCUT2D eigenvalue weighted by Crippen LogP contribution is -2.46. The van der Waals surface area contributed by atoms with Gasteiger partial charge in [-0.3, -0.25) is 4.98 Å². The molecule has 0 radical (unpaired) electrons. The summed E-state index contributed by atoms with van der Waals surface area (Å²) in [6.07, 6.45) is 3.78. The van der Waals surface area contributed by atoms with Crippen LogP contribution in [0.15, 0.2) is 46.5 Å². The SMILES string of the molecule is Brc1ccc2c(N3CCN(c4nccs4)CC3)ccnc2c1. The van der Waals surface area contributed by atoms with Crippen LogP contribution < -0.4 is 9.80 Å². The van der Waals surface area contributed by atoms with E-state index in [9.17, 15) is 0 Å². The third-order valence-electron chi connectivity index (χ3n) is 3.99. The highest BCUT2D eigenvalue weighted by molar-refractivity contribution is 9.10. The number of hydrogen-bond acceptors (Lipinski definition) is 5. The monoisotopic (exact) mass is 374 g/mol. The van der Waals surface area contributed by atoms with Crippen molar-refractivity contribution >= 4 is 49.0 Å². The predicted octanol–water partition coefficient (Wildman–Crippen LogP) is 3.78. The molecule has 1 saturated heterocycles. The van der Waals surface area contributed by atoms with Crippen LogP contribution in [0.1, 0.15) is 0 Å². The van der Waals surface area contributed by atoms with Crippen LogP contribution in [0.25, 0.3) is 10.9 Å². The van der Waals surface area contributed by atoms with Crippen molar-refractivity contribution in [1.29, 1.82) is 0 Å². The number of fused-ring (bicyclic) bond motifs is 1. The fraction of sp³-hybridized carbons (Fsp3) is 0.250. The van der Waals surface area contributed by atoms with Crippen LogP contribution in [0.4, 0.5) is 10.8 Å². The molecular formula is C16H15BrN4S. The summed E-state index contributed by atoms with van der Waals surface area (Å²) in [7, 11) is 0. The molecule has 112 valence electrons. The minimum atomic E-state index is 1.01. The Kier molecular flexibility index (Phi) is 3.72. The zero-order chi connectivity index (χ0) is 14.9. The Bertz CT molecular complexity index is 782. The summed E-state index contributed by atoms with van der Waals surface area (Å²) in [5.41, 5.74) is 2.31. The van der Waals surface area contributed by atoms with E-state index in [2.05, 4.69) is 60.0 Å². The van der Waals surface area contributed by atoms with Crippen LogP contribution in [0.2, 0.25) is 0 Å². The van der Waals surface area contributed by atoms with E-state index >= 15 is 0 Å². The molecule has 4 rings (SSSR count). The zero-order valence-electron chi connectivity index (χ0n) is 11.9. The van der Waals surface area contributed by atoms with Crippen molar-refractivity contribution in [3.05, 3.63) is 46.5 Å². The molecule has 0 unspecified atom stereocenters. The minimum absolute atomic E-state index is 1.01. The highest BCUT2D eigenvalue weighted by Crippen LogP contribution is 2.29. The lowest BCUT2D eigenvalue weighted by Gasteiger charge is -2.36. The summed E-state index contributed by atoms with van der Waals surface area (Å²) >= 11 is 5.23. The Hall–Kier alpha value is -1.66. The maximum atomic E-state index is 4.48. The molecule has 0 spiro atoms. The van der Waals surface area contributed by atoms with E-state index in [0.717, 1.165) is 41.3 Å². The number of benzene rings is 1. The first-order valence-electron chi connectivity index (χ1n) is 7.25. The average Bonchev–Trinajstić information content (AvgIpc) is 3.09. The average molecular weight is 375 g/mol. The highest BCUT2D eigenvalue weighted by atomic mass is 79.9. The van der Waals surface area contributed by atoms with Crippen LogP contribution in [-0.4, -0.2) is 36.1 Å². The summed E-state index contributed by atoms with van der Waals surface area (Å²) in [6, 6.07) is 8.42. The number of thiazole rings is 1. The Morgan fingerprint density at radius 2 is 1.77 bits per heavy atom. The number of hydrogen-bond donors (Lipinski definition) is 0. The molecule has 3 heterocycles. The van der Waals surface area contributed by atoms with Crippen LogP contribution in [-0.2, 0) is 0 Å². The molecule has 0 N–H and O–H groups in total. The molecule has 1 aliphatic rings. The van der Waals surface area contributed by atoms with Gasteiger partial charge in [-0.1, -0.05) is 15.9 Å². The van der Waals surface area contributed by atoms with E-state index in [-0.39, 0.29) is 0 Å². The molecule has 0 bridgehead atoms. The summed E-state index contributed by atoms with van der Waals surface area (Å²) in [6.45, 7) is 4.03. The lowest BCUT2D eigenvalue weighted by molar-refractivity contribution is 0.653. The van der Waals surface area contributed by atoms with Gasteiger partial charge in [0.2, 0.25) is 0 Å². The molecule has 0 aliphatic carbocycles. The standard InChI is InChI=1S/C16H15BrN4S/c17-12-1-2-13-14(11-12)18-4-3-15(13)20-6-8-21(9-7-20)16-19-5-10-22-16/h1-5,10-11H,6-9H2. The second-order valence-corrected chi connectivity index (χ2v) is 7.07. The Morgan fingerprint density at radius 3 is 2.55 bits per heavy atom. The van der Waals surface area contributed by atoms with E-state index in [1.165, 1.54) is 11.1 Å². The van der Waals surface area contributed by atoms with Gasteiger partial charge in [0.15, 0.2) is 5.13 Å². The minimum Gasteiger partial charge on any atom is -0.367 e. The van der Waals surface area contributed by atoms with Gasteiger partial charge in [-0.15, -0.1) is 11.3 Å². The van der Waals surface area contributed by atoms with Gasteiger partial charge in [0, 0.05) is 59.5 Å². The number of rotatable bonds is 2. The third kappa shape index (κ3) is 2.57. The molecule has 0 amide bonds. The second-order valence-electron chi connectivity index (χ2n) is 5.28. The third-order valence-corrected chi connectivity index (χ3v) is 5.32. The van der Waals surface area contributed by atoms with E-state index in [4.69, 9.17) is 0 Å². The molecule has 4 nitrogen and oxygen atoms in total. The molecule has 0 saturated carbocycles. The molecule has 22 heavy (non-hydrogen) atoms. The summed E-state index contributed by atoms with van der Waals surface area (Å²) in [5.74, 6) is 0. The van der Waals surface area contributed by atoms with Crippen LogP contribution >= 0.6 is 27.3 Å². The summed E-state index contributed by atoms with van der Waals surface area (Å²) in [4.78, 5) is 13.7. The van der Waals surface area contributed by atoms with Crippen molar-refractivity contribution in [1.82, 2.24) is 9.97 Å². The lowest BCUT2D eigenvalue weighted by atomic mass is 10.1. The van der Waals surface area contributed by atoms with Gasteiger partial charge >= 0.3 is 0 Å². The van der Waals surface area contributed by atoms with Crippen molar-refractivity contribution < 1.29 is 0 Å². The molecule has 1 aromatic carbocycles. The van der Waals surface area contributed by atoms with Crippen LogP contribution in [0.5, 0.6) is 0 Å². The molecule has 2 aromatic heterocycles. The largest absolute Gasteiger partial charge is 0.367 e. The number of piperazine rings is 1. The van der Waals surface area contributed by atoms with Crippen LogP contribution in [0, 0.1) is 0 Å². The summed E-state index contributed by atoms with van der Waals surface area (Å²) < 4.78 is 1.07. The quantitative estimate of drug-likeness (QED) is 0.683. The van der Waals surface area contributed by atoms with Crippen molar-refractivity contribution in [3.8, 4) is 0 Å².